The molecule has 0 heterocycles. The Labute approximate surface area is 158 Å². The van der Waals surface area contributed by atoms with Gasteiger partial charge in [-0.2, -0.15) is 5.26 Å². The van der Waals surface area contributed by atoms with Crippen LogP contribution in [0.4, 0.5) is 0 Å². The van der Waals surface area contributed by atoms with Crippen molar-refractivity contribution in [3.05, 3.63) is 62.6 Å². The number of hydrazine groups is 1. The number of nitrogens with zero attached hydrogens (tertiary/aromatic N) is 2. The zero-order chi connectivity index (χ0) is 18.6. The summed E-state index contributed by atoms with van der Waals surface area (Å²) in [6.45, 7) is -0.348. The lowest BCUT2D eigenvalue weighted by atomic mass is 10.0. The lowest BCUT2D eigenvalue weighted by Crippen LogP contribution is -2.48. The van der Waals surface area contributed by atoms with Crippen molar-refractivity contribution in [2.45, 2.75) is 12.5 Å². The Morgan fingerprint density at radius 1 is 1.36 bits per heavy atom. The Balaban J connectivity index is 2.20. The number of hydrogen-bond acceptors (Lipinski definition) is 5. The van der Waals surface area contributed by atoms with Crippen LogP contribution in [0.15, 0.2) is 40.9 Å². The second-order valence-corrected chi connectivity index (χ2v) is 6.61. The molecular formula is C17H15BrClN3O3. The number of nitriles is 1. The molecule has 6 nitrogen and oxygen atoms in total. The Hall–Kier alpha value is -2.11. The molecule has 0 fully saturated rings. The van der Waals surface area contributed by atoms with Crippen LogP contribution in [0.5, 0.6) is 5.75 Å². The molecule has 0 unspecified atom stereocenters. The summed E-state index contributed by atoms with van der Waals surface area (Å²) < 4.78 is 0.307. The molecular weight excluding hydrogens is 410 g/mol. The van der Waals surface area contributed by atoms with Crippen LogP contribution in [0.25, 0.3) is 0 Å². The van der Waals surface area contributed by atoms with Gasteiger partial charge in [0.15, 0.2) is 0 Å². The summed E-state index contributed by atoms with van der Waals surface area (Å²) >= 11 is 9.13. The van der Waals surface area contributed by atoms with Gasteiger partial charge in [0.2, 0.25) is 0 Å². The Bertz CT molecular complexity index is 821. The number of carbonyl (C=O) groups is 1. The van der Waals surface area contributed by atoms with E-state index < -0.39 is 11.9 Å². The predicted octanol–water partition coefficient (Wildman–Crippen LogP) is 2.60. The van der Waals surface area contributed by atoms with Gasteiger partial charge in [0.25, 0.3) is 5.91 Å². The van der Waals surface area contributed by atoms with Gasteiger partial charge in [-0.05, 0) is 46.1 Å². The maximum Gasteiger partial charge on any atom is 0.269 e. The molecule has 2 aromatic carbocycles. The summed E-state index contributed by atoms with van der Waals surface area (Å²) in [5.74, 6) is 5.22. The number of hydrogen-bond donors (Lipinski definition) is 3. The summed E-state index contributed by atoms with van der Waals surface area (Å²) in [6.07, 6.45) is 0.307. The fourth-order valence-corrected chi connectivity index (χ4v) is 2.83. The molecule has 0 aliphatic heterocycles. The highest BCUT2D eigenvalue weighted by atomic mass is 79.9. The first-order valence-electron chi connectivity index (χ1n) is 7.23. The molecule has 25 heavy (non-hydrogen) atoms. The number of aliphatic hydroxyl groups is 1. The zero-order valence-corrected chi connectivity index (χ0v) is 15.3. The number of phenolic OH excluding ortho intramolecular Hbond substituents is 1. The van der Waals surface area contributed by atoms with Gasteiger partial charge >= 0.3 is 0 Å². The van der Waals surface area contributed by atoms with E-state index in [1.165, 1.54) is 12.1 Å². The number of aromatic hydroxyl groups is 1. The standard InChI is InChI=1S/C17H15BrClN3O3/c18-14-6-13(15(19)7-16(14)24)17(25)22(21)12(9-23)5-10-1-3-11(8-20)4-2-10/h1-4,6-7,12,23-24H,5,9,21H2/t12-/m1/s1. The minimum atomic E-state index is -0.677. The molecule has 2 aromatic rings. The molecule has 2 rings (SSSR count). The molecule has 1 atom stereocenters. The number of halogens is 2. The summed E-state index contributed by atoms with van der Waals surface area (Å²) in [6, 6.07) is 10.7. The maximum absolute atomic E-state index is 12.6. The van der Waals surface area contributed by atoms with Crippen molar-refractivity contribution in [2.75, 3.05) is 6.61 Å². The second kappa shape index (κ2) is 8.32. The number of rotatable bonds is 5. The van der Waals surface area contributed by atoms with Gasteiger partial charge in [-0.1, -0.05) is 23.7 Å². The van der Waals surface area contributed by atoms with Crippen LogP contribution >= 0.6 is 27.5 Å². The molecule has 4 N–H and O–H groups in total. The van der Waals surface area contributed by atoms with E-state index >= 15 is 0 Å². The van der Waals surface area contributed by atoms with Crippen molar-refractivity contribution < 1.29 is 15.0 Å². The van der Waals surface area contributed by atoms with E-state index in [2.05, 4.69) is 15.9 Å². The molecule has 0 aliphatic rings. The Morgan fingerprint density at radius 3 is 2.56 bits per heavy atom. The van der Waals surface area contributed by atoms with Crippen molar-refractivity contribution in [1.82, 2.24) is 5.01 Å². The van der Waals surface area contributed by atoms with Gasteiger partial charge in [-0.3, -0.25) is 9.80 Å². The van der Waals surface area contributed by atoms with E-state index in [0.717, 1.165) is 10.6 Å². The van der Waals surface area contributed by atoms with Gasteiger partial charge < -0.3 is 10.2 Å². The highest BCUT2D eigenvalue weighted by Gasteiger charge is 2.24. The number of benzene rings is 2. The SMILES string of the molecule is N#Cc1ccc(C[C@H](CO)N(N)C(=O)c2cc(Br)c(O)cc2Cl)cc1. The average Bonchev–Trinajstić information content (AvgIpc) is 2.62. The summed E-state index contributed by atoms with van der Waals surface area (Å²) in [7, 11) is 0. The first-order chi connectivity index (χ1) is 11.9. The fourth-order valence-electron chi connectivity index (χ4n) is 2.24. The minimum absolute atomic E-state index is 0.0520. The molecule has 0 saturated carbocycles. The highest BCUT2D eigenvalue weighted by Crippen LogP contribution is 2.31. The average molecular weight is 425 g/mol. The number of aliphatic hydroxyl groups excluding tert-OH is 1. The van der Waals surface area contributed by atoms with Gasteiger partial charge in [-0.15, -0.1) is 0 Å². The summed E-state index contributed by atoms with van der Waals surface area (Å²) in [5, 5.41) is 29.0. The molecule has 0 aliphatic carbocycles. The number of nitrogens with two attached hydrogens (primary N) is 1. The molecule has 8 heteroatoms. The normalized spacial score (nSPS) is 11.6. The van der Waals surface area contributed by atoms with E-state index in [9.17, 15) is 15.0 Å². The van der Waals surface area contributed by atoms with Crippen molar-refractivity contribution >= 4 is 33.4 Å². The summed E-state index contributed by atoms with van der Waals surface area (Å²) in [5.41, 5.74) is 1.44. The number of carbonyl (C=O) groups excluding carboxylic acids is 1. The Morgan fingerprint density at radius 2 is 2.00 bits per heavy atom. The lowest BCUT2D eigenvalue weighted by Gasteiger charge is -2.26. The molecule has 130 valence electrons. The third-order valence-corrected chi connectivity index (χ3v) is 4.61. The van der Waals surface area contributed by atoms with Crippen molar-refractivity contribution in [3.63, 3.8) is 0 Å². The zero-order valence-electron chi connectivity index (χ0n) is 13.0. The van der Waals surface area contributed by atoms with Gasteiger partial charge in [0.1, 0.15) is 5.75 Å². The van der Waals surface area contributed by atoms with Crippen molar-refractivity contribution in [2.24, 2.45) is 5.84 Å². The van der Waals surface area contributed by atoms with E-state index in [1.807, 2.05) is 6.07 Å². The molecule has 0 bridgehead atoms. The molecule has 0 spiro atoms. The van der Waals surface area contributed by atoms with Crippen LogP contribution in [0.1, 0.15) is 21.5 Å². The van der Waals surface area contributed by atoms with E-state index in [0.29, 0.717) is 16.5 Å². The molecule has 0 aromatic heterocycles. The van der Waals surface area contributed by atoms with Crippen LogP contribution in [0, 0.1) is 11.3 Å². The van der Waals surface area contributed by atoms with Gasteiger partial charge in [0.05, 0.1) is 39.3 Å². The third-order valence-electron chi connectivity index (χ3n) is 3.66. The number of amides is 1. The quantitative estimate of drug-likeness (QED) is 0.388. The Kier molecular flexibility index (Phi) is 6.39. The van der Waals surface area contributed by atoms with Crippen LogP contribution in [0.3, 0.4) is 0 Å². The van der Waals surface area contributed by atoms with Crippen LogP contribution in [-0.2, 0) is 6.42 Å². The summed E-state index contributed by atoms with van der Waals surface area (Å²) in [4.78, 5) is 12.6. The third kappa shape index (κ3) is 4.50. The van der Waals surface area contributed by atoms with E-state index in [4.69, 9.17) is 22.7 Å². The first kappa shape index (κ1) is 19.2. The smallest absolute Gasteiger partial charge is 0.269 e. The van der Waals surface area contributed by atoms with Crippen LogP contribution < -0.4 is 5.84 Å². The monoisotopic (exact) mass is 423 g/mol. The predicted molar refractivity (Wildman–Crippen MR) is 96.9 cm³/mol. The van der Waals surface area contributed by atoms with Crippen LogP contribution in [0.2, 0.25) is 5.02 Å². The molecule has 0 saturated heterocycles. The highest BCUT2D eigenvalue weighted by molar-refractivity contribution is 9.10. The minimum Gasteiger partial charge on any atom is -0.507 e. The topological polar surface area (TPSA) is 111 Å². The second-order valence-electron chi connectivity index (χ2n) is 5.35. The van der Waals surface area contributed by atoms with Crippen LogP contribution in [-0.4, -0.2) is 33.8 Å². The fraction of sp³-hybridized carbons (Fsp3) is 0.176. The van der Waals surface area contributed by atoms with Crippen molar-refractivity contribution in [1.29, 1.82) is 5.26 Å². The van der Waals surface area contributed by atoms with E-state index in [-0.39, 0.29) is 22.9 Å². The van der Waals surface area contributed by atoms with E-state index in [1.54, 1.807) is 24.3 Å². The van der Waals surface area contributed by atoms with Gasteiger partial charge in [0, 0.05) is 6.07 Å². The lowest BCUT2D eigenvalue weighted by molar-refractivity contribution is 0.0592. The molecule has 0 radical (unpaired) electrons. The van der Waals surface area contributed by atoms with Gasteiger partial charge in [-0.25, -0.2) is 5.84 Å². The maximum atomic E-state index is 12.6. The molecule has 1 amide bonds. The van der Waals surface area contributed by atoms with Crippen molar-refractivity contribution in [3.8, 4) is 11.8 Å². The number of phenols is 1. The first-order valence-corrected chi connectivity index (χ1v) is 8.40. The largest absolute Gasteiger partial charge is 0.507 e.